The highest BCUT2D eigenvalue weighted by molar-refractivity contribution is 5.11. The Hall–Kier alpha value is -0.580. The highest BCUT2D eigenvalue weighted by atomic mass is 16.5. The van der Waals surface area contributed by atoms with Crippen LogP contribution in [0.2, 0.25) is 0 Å². The number of nitrogens with zero attached hydrogens (tertiary/aromatic N) is 2. The maximum atomic E-state index is 5.92. The Morgan fingerprint density at radius 1 is 1.37 bits per heavy atom. The van der Waals surface area contributed by atoms with Crippen LogP contribution in [0.4, 0.5) is 0 Å². The maximum absolute atomic E-state index is 5.92. The Kier molecular flexibility index (Phi) is 5.67. The molecule has 2 aliphatic heterocycles. The van der Waals surface area contributed by atoms with Gasteiger partial charge in [0.05, 0.1) is 12.6 Å². The van der Waals surface area contributed by atoms with Crippen LogP contribution >= 0.6 is 0 Å². The van der Waals surface area contributed by atoms with E-state index in [0.717, 1.165) is 32.5 Å². The lowest BCUT2D eigenvalue weighted by Crippen LogP contribution is -2.53. The summed E-state index contributed by atoms with van der Waals surface area (Å²) in [7, 11) is 4.48. The molecule has 0 saturated carbocycles. The SMILES string of the molecule is CCNC(C1=CCCCO1)C1CN(C)CCCN1C. The third kappa shape index (κ3) is 3.94. The first-order chi connectivity index (χ1) is 9.22. The predicted octanol–water partition coefficient (Wildman–Crippen LogP) is 1.29. The zero-order chi connectivity index (χ0) is 13.7. The topological polar surface area (TPSA) is 27.7 Å². The molecule has 2 atom stereocenters. The molecule has 1 saturated heterocycles. The minimum Gasteiger partial charge on any atom is -0.497 e. The summed E-state index contributed by atoms with van der Waals surface area (Å²) < 4.78 is 5.92. The zero-order valence-corrected chi connectivity index (χ0v) is 12.7. The summed E-state index contributed by atoms with van der Waals surface area (Å²) in [5, 5.41) is 3.64. The van der Waals surface area contributed by atoms with E-state index in [9.17, 15) is 0 Å². The summed E-state index contributed by atoms with van der Waals surface area (Å²) >= 11 is 0. The van der Waals surface area contributed by atoms with Gasteiger partial charge in [-0.15, -0.1) is 0 Å². The van der Waals surface area contributed by atoms with Gasteiger partial charge in [0.15, 0.2) is 0 Å². The molecule has 0 spiro atoms. The van der Waals surface area contributed by atoms with Gasteiger partial charge in [0, 0.05) is 12.6 Å². The van der Waals surface area contributed by atoms with Crippen molar-refractivity contribution in [3.05, 3.63) is 11.8 Å². The number of nitrogens with one attached hydrogen (secondary N) is 1. The monoisotopic (exact) mass is 267 g/mol. The van der Waals surface area contributed by atoms with Gasteiger partial charge in [-0.1, -0.05) is 6.92 Å². The first kappa shape index (κ1) is 14.8. The van der Waals surface area contributed by atoms with Crippen LogP contribution in [0.15, 0.2) is 11.8 Å². The highest BCUT2D eigenvalue weighted by Gasteiger charge is 2.31. The number of ether oxygens (including phenoxy) is 1. The van der Waals surface area contributed by atoms with E-state index in [2.05, 4.69) is 42.2 Å². The Labute approximate surface area is 117 Å². The van der Waals surface area contributed by atoms with Crippen molar-refractivity contribution in [3.8, 4) is 0 Å². The molecule has 1 N–H and O–H groups in total. The molecule has 4 nitrogen and oxygen atoms in total. The van der Waals surface area contributed by atoms with Crippen LogP contribution in [0, 0.1) is 0 Å². The van der Waals surface area contributed by atoms with Crippen LogP contribution in [0.25, 0.3) is 0 Å². The molecule has 0 aliphatic carbocycles. The third-order valence-electron chi connectivity index (χ3n) is 4.19. The highest BCUT2D eigenvalue weighted by Crippen LogP contribution is 2.20. The van der Waals surface area contributed by atoms with Crippen molar-refractivity contribution in [2.45, 2.75) is 38.3 Å². The number of likely N-dealkylation sites (N-methyl/N-ethyl adjacent to an activating group) is 3. The second-order valence-electron chi connectivity index (χ2n) is 5.80. The first-order valence-electron chi connectivity index (χ1n) is 7.67. The molecule has 0 aromatic carbocycles. The molecular formula is C15H29N3O. The quantitative estimate of drug-likeness (QED) is 0.831. The minimum atomic E-state index is 0.329. The molecule has 0 aromatic heterocycles. The van der Waals surface area contributed by atoms with Gasteiger partial charge in [0.25, 0.3) is 0 Å². The standard InChI is InChI=1S/C15H29N3O/c1-4-16-15(14-8-5-6-11-19-14)13-12-17(2)9-7-10-18(13)3/h8,13,15-16H,4-7,9-12H2,1-3H3. The molecule has 19 heavy (non-hydrogen) atoms. The van der Waals surface area contributed by atoms with Crippen LogP contribution in [-0.2, 0) is 4.74 Å². The fourth-order valence-electron chi connectivity index (χ4n) is 3.11. The van der Waals surface area contributed by atoms with Crippen LogP contribution in [-0.4, -0.2) is 68.8 Å². The average molecular weight is 267 g/mol. The molecule has 0 radical (unpaired) electrons. The van der Waals surface area contributed by atoms with Crippen LogP contribution in [0.5, 0.6) is 0 Å². The van der Waals surface area contributed by atoms with Gasteiger partial charge in [-0.2, -0.15) is 0 Å². The van der Waals surface area contributed by atoms with Gasteiger partial charge >= 0.3 is 0 Å². The predicted molar refractivity (Wildman–Crippen MR) is 79.3 cm³/mol. The molecule has 0 amide bonds. The number of rotatable bonds is 4. The molecule has 2 rings (SSSR count). The van der Waals surface area contributed by atoms with Crippen molar-refractivity contribution in [3.63, 3.8) is 0 Å². The summed E-state index contributed by atoms with van der Waals surface area (Å²) in [4.78, 5) is 4.94. The Bertz CT molecular complexity index is 306. The van der Waals surface area contributed by atoms with Crippen LogP contribution in [0.1, 0.15) is 26.2 Å². The molecular weight excluding hydrogens is 238 g/mol. The van der Waals surface area contributed by atoms with E-state index in [0.29, 0.717) is 12.1 Å². The molecule has 2 aliphatic rings. The number of allylic oxidation sites excluding steroid dienone is 1. The van der Waals surface area contributed by atoms with Gasteiger partial charge in [-0.25, -0.2) is 0 Å². The van der Waals surface area contributed by atoms with E-state index in [4.69, 9.17) is 4.74 Å². The smallest absolute Gasteiger partial charge is 0.111 e. The lowest BCUT2D eigenvalue weighted by molar-refractivity contribution is 0.119. The van der Waals surface area contributed by atoms with Crippen molar-refractivity contribution < 1.29 is 4.74 Å². The third-order valence-corrected chi connectivity index (χ3v) is 4.19. The Morgan fingerprint density at radius 3 is 2.89 bits per heavy atom. The fraction of sp³-hybridized carbons (Fsp3) is 0.867. The van der Waals surface area contributed by atoms with Crippen molar-refractivity contribution in [1.29, 1.82) is 0 Å². The van der Waals surface area contributed by atoms with Crippen molar-refractivity contribution in [1.82, 2.24) is 15.1 Å². The molecule has 0 aromatic rings. The van der Waals surface area contributed by atoms with E-state index < -0.39 is 0 Å². The molecule has 110 valence electrons. The van der Waals surface area contributed by atoms with Crippen LogP contribution < -0.4 is 5.32 Å². The van der Waals surface area contributed by atoms with E-state index in [1.54, 1.807) is 0 Å². The van der Waals surface area contributed by atoms with Gasteiger partial charge < -0.3 is 19.9 Å². The lowest BCUT2D eigenvalue weighted by atomic mass is 10.0. The first-order valence-corrected chi connectivity index (χ1v) is 7.67. The summed E-state index contributed by atoms with van der Waals surface area (Å²) in [6, 6.07) is 0.827. The zero-order valence-electron chi connectivity index (χ0n) is 12.7. The van der Waals surface area contributed by atoms with Gasteiger partial charge in [-0.3, -0.25) is 0 Å². The largest absolute Gasteiger partial charge is 0.497 e. The summed E-state index contributed by atoms with van der Waals surface area (Å²) in [5.41, 5.74) is 0. The molecule has 1 fully saturated rings. The summed E-state index contributed by atoms with van der Waals surface area (Å²) in [5.74, 6) is 1.17. The number of hydrogen-bond acceptors (Lipinski definition) is 4. The summed E-state index contributed by atoms with van der Waals surface area (Å²) in [6.07, 6.45) is 5.85. The lowest BCUT2D eigenvalue weighted by Gasteiger charge is -2.36. The number of hydrogen-bond donors (Lipinski definition) is 1. The van der Waals surface area contributed by atoms with Crippen molar-refractivity contribution in [2.75, 3.05) is 46.9 Å². The molecule has 2 unspecified atom stereocenters. The van der Waals surface area contributed by atoms with E-state index in [1.807, 2.05) is 0 Å². The van der Waals surface area contributed by atoms with Gasteiger partial charge in [0.1, 0.15) is 5.76 Å². The van der Waals surface area contributed by atoms with E-state index >= 15 is 0 Å². The van der Waals surface area contributed by atoms with Crippen LogP contribution in [0.3, 0.4) is 0 Å². The summed E-state index contributed by atoms with van der Waals surface area (Å²) in [6.45, 7) is 7.51. The van der Waals surface area contributed by atoms with Gasteiger partial charge in [-0.05, 0) is 59.1 Å². The van der Waals surface area contributed by atoms with Crippen molar-refractivity contribution >= 4 is 0 Å². The maximum Gasteiger partial charge on any atom is 0.111 e. The van der Waals surface area contributed by atoms with Gasteiger partial charge in [0.2, 0.25) is 0 Å². The van der Waals surface area contributed by atoms with E-state index in [1.165, 1.54) is 25.3 Å². The van der Waals surface area contributed by atoms with Crippen molar-refractivity contribution in [2.24, 2.45) is 0 Å². The molecule has 0 bridgehead atoms. The molecule has 4 heteroatoms. The minimum absolute atomic E-state index is 0.329. The normalized spacial score (nSPS) is 28.4. The average Bonchev–Trinajstić information content (AvgIpc) is 2.59. The Morgan fingerprint density at radius 2 is 2.21 bits per heavy atom. The molecule has 2 heterocycles. The second-order valence-corrected chi connectivity index (χ2v) is 5.80. The Balaban J connectivity index is 2.13. The second kappa shape index (κ2) is 7.27. The van der Waals surface area contributed by atoms with E-state index in [-0.39, 0.29) is 0 Å². The fourth-order valence-corrected chi connectivity index (χ4v) is 3.11.